The molecule has 8 heteroatoms. The molecule has 2 aromatic rings. The van der Waals surface area contributed by atoms with Crippen LogP contribution in [0.1, 0.15) is 24.0 Å². The van der Waals surface area contributed by atoms with E-state index >= 15 is 0 Å². The Labute approximate surface area is 147 Å². The summed E-state index contributed by atoms with van der Waals surface area (Å²) < 4.78 is 26.7. The van der Waals surface area contributed by atoms with Crippen molar-refractivity contribution in [3.05, 3.63) is 41.7 Å². The third-order valence-electron chi connectivity index (χ3n) is 4.60. The highest BCUT2D eigenvalue weighted by molar-refractivity contribution is 7.91. The Kier molecular flexibility index (Phi) is 4.89. The Morgan fingerprint density at radius 3 is 2.60 bits per heavy atom. The molecule has 0 saturated carbocycles. The summed E-state index contributed by atoms with van der Waals surface area (Å²) in [5, 5.41) is 6.86. The summed E-state index contributed by atoms with van der Waals surface area (Å²) in [5.74, 6) is 0.0418. The average molecular weight is 362 g/mol. The zero-order chi connectivity index (χ0) is 18.0. The highest BCUT2D eigenvalue weighted by Crippen LogP contribution is 2.23. The summed E-state index contributed by atoms with van der Waals surface area (Å²) in [7, 11) is -1.89. The number of carbonyl (C=O) groups excluding carboxylic acids is 1. The van der Waals surface area contributed by atoms with Gasteiger partial charge in [-0.2, -0.15) is 0 Å². The van der Waals surface area contributed by atoms with Crippen molar-refractivity contribution in [1.82, 2.24) is 19.7 Å². The van der Waals surface area contributed by atoms with E-state index in [1.54, 1.807) is 11.9 Å². The van der Waals surface area contributed by atoms with E-state index in [-0.39, 0.29) is 11.1 Å². The summed E-state index contributed by atoms with van der Waals surface area (Å²) in [6.45, 7) is 2.90. The van der Waals surface area contributed by atoms with E-state index < -0.39 is 15.1 Å². The first kappa shape index (κ1) is 17.6. The van der Waals surface area contributed by atoms with Crippen LogP contribution in [0.25, 0.3) is 0 Å². The van der Waals surface area contributed by atoms with Crippen molar-refractivity contribution in [2.24, 2.45) is 7.05 Å². The number of likely N-dealkylation sites (tertiary alicyclic amines) is 1. The van der Waals surface area contributed by atoms with Crippen LogP contribution >= 0.6 is 0 Å². The molecule has 0 aliphatic carbocycles. The van der Waals surface area contributed by atoms with E-state index in [4.69, 9.17) is 0 Å². The van der Waals surface area contributed by atoms with Crippen LogP contribution in [-0.4, -0.2) is 52.3 Å². The molecule has 0 spiro atoms. The van der Waals surface area contributed by atoms with E-state index in [1.807, 2.05) is 31.2 Å². The van der Waals surface area contributed by atoms with E-state index in [2.05, 4.69) is 10.2 Å². The van der Waals surface area contributed by atoms with Gasteiger partial charge in [0.25, 0.3) is 0 Å². The summed E-state index contributed by atoms with van der Waals surface area (Å²) in [5.41, 5.74) is 2.11. The number of carbonyl (C=O) groups is 1. The fourth-order valence-corrected chi connectivity index (χ4v) is 4.94. The average Bonchev–Trinajstić information content (AvgIpc) is 3.02. The molecule has 0 atom stereocenters. The number of nitrogens with zero attached hydrogens (tertiary/aromatic N) is 4. The van der Waals surface area contributed by atoms with Gasteiger partial charge in [-0.1, -0.05) is 29.8 Å². The second-order valence-electron chi connectivity index (χ2n) is 6.52. The maximum atomic E-state index is 12.6. The van der Waals surface area contributed by atoms with Crippen LogP contribution in [0.4, 0.5) is 0 Å². The molecule has 0 radical (unpaired) electrons. The van der Waals surface area contributed by atoms with Gasteiger partial charge < -0.3 is 9.47 Å². The number of aryl methyl sites for hydroxylation is 2. The maximum absolute atomic E-state index is 12.6. The maximum Gasteiger partial charge on any atom is 0.249 e. The Hall–Kier alpha value is -2.22. The van der Waals surface area contributed by atoms with Gasteiger partial charge in [0.1, 0.15) is 6.33 Å². The molecule has 1 fully saturated rings. The molecule has 0 N–H and O–H groups in total. The van der Waals surface area contributed by atoms with Gasteiger partial charge in [0, 0.05) is 20.1 Å². The minimum Gasteiger partial charge on any atom is -0.342 e. The van der Waals surface area contributed by atoms with Gasteiger partial charge in [-0.05, 0) is 25.3 Å². The van der Waals surface area contributed by atoms with E-state index in [1.165, 1.54) is 10.9 Å². The van der Waals surface area contributed by atoms with Crippen molar-refractivity contribution in [3.8, 4) is 0 Å². The van der Waals surface area contributed by atoms with Gasteiger partial charge in [0.15, 0.2) is 0 Å². The number of rotatable bonds is 4. The Morgan fingerprint density at radius 2 is 2.00 bits per heavy atom. The second kappa shape index (κ2) is 6.95. The van der Waals surface area contributed by atoms with Crippen LogP contribution in [0.15, 0.2) is 35.7 Å². The van der Waals surface area contributed by atoms with Crippen molar-refractivity contribution >= 4 is 15.7 Å². The Bertz CT molecular complexity index is 868. The monoisotopic (exact) mass is 362 g/mol. The lowest BCUT2D eigenvalue weighted by Crippen LogP contribution is -2.43. The van der Waals surface area contributed by atoms with Gasteiger partial charge in [-0.3, -0.25) is 4.79 Å². The molecule has 1 aliphatic heterocycles. The third kappa shape index (κ3) is 3.73. The number of benzene rings is 1. The van der Waals surface area contributed by atoms with Gasteiger partial charge in [-0.15, -0.1) is 10.2 Å². The molecule has 7 nitrogen and oxygen atoms in total. The van der Waals surface area contributed by atoms with E-state index in [9.17, 15) is 13.2 Å². The zero-order valence-corrected chi connectivity index (χ0v) is 15.2. The van der Waals surface area contributed by atoms with E-state index in [0.29, 0.717) is 32.4 Å². The second-order valence-corrected chi connectivity index (χ2v) is 8.64. The Balaban J connectivity index is 1.62. The summed E-state index contributed by atoms with van der Waals surface area (Å²) >= 11 is 0. The quantitative estimate of drug-likeness (QED) is 0.814. The lowest BCUT2D eigenvalue weighted by molar-refractivity contribution is -0.131. The number of sulfone groups is 1. The van der Waals surface area contributed by atoms with Crippen molar-refractivity contribution in [2.45, 2.75) is 36.6 Å². The minimum absolute atomic E-state index is 0.00274. The topological polar surface area (TPSA) is 85.2 Å². The van der Waals surface area contributed by atoms with Crippen LogP contribution in [0, 0.1) is 6.92 Å². The zero-order valence-electron chi connectivity index (χ0n) is 14.4. The van der Waals surface area contributed by atoms with Gasteiger partial charge in [0.05, 0.1) is 11.7 Å². The van der Waals surface area contributed by atoms with Crippen molar-refractivity contribution in [3.63, 3.8) is 0 Å². The highest BCUT2D eigenvalue weighted by atomic mass is 32.2. The molecular weight excluding hydrogens is 340 g/mol. The first-order valence-corrected chi connectivity index (χ1v) is 9.84. The molecule has 0 bridgehead atoms. The number of amides is 1. The van der Waals surface area contributed by atoms with Crippen LogP contribution in [-0.2, 0) is 28.1 Å². The molecular formula is C17H22N4O3S. The molecule has 1 saturated heterocycles. The molecule has 0 unspecified atom stereocenters. The van der Waals surface area contributed by atoms with Crippen LogP contribution in [0.2, 0.25) is 0 Å². The molecule has 25 heavy (non-hydrogen) atoms. The Morgan fingerprint density at radius 1 is 1.28 bits per heavy atom. The normalized spacial score (nSPS) is 16.2. The molecule has 2 heterocycles. The highest BCUT2D eigenvalue weighted by Gasteiger charge is 2.35. The smallest absolute Gasteiger partial charge is 0.249 e. The standard InChI is InChI=1S/C17H22N4O3S/c1-13-4-3-5-14(10-13)11-16(22)21-8-6-15(7-9-21)25(23,24)17-19-18-12-20(17)2/h3-5,10,12,15H,6-9,11H2,1-2H3. The first-order valence-electron chi connectivity index (χ1n) is 8.29. The van der Waals surface area contributed by atoms with Crippen molar-refractivity contribution in [1.29, 1.82) is 0 Å². The van der Waals surface area contributed by atoms with Crippen LogP contribution in [0.3, 0.4) is 0 Å². The van der Waals surface area contributed by atoms with Gasteiger partial charge >= 0.3 is 0 Å². The molecule has 1 aliphatic rings. The molecule has 1 aromatic heterocycles. The first-order chi connectivity index (χ1) is 11.9. The predicted molar refractivity (Wildman–Crippen MR) is 92.7 cm³/mol. The summed E-state index contributed by atoms with van der Waals surface area (Å²) in [6, 6.07) is 7.88. The molecule has 1 amide bonds. The number of hydrogen-bond donors (Lipinski definition) is 0. The molecule has 134 valence electrons. The predicted octanol–water partition coefficient (Wildman–Crippen LogP) is 1.13. The molecule has 3 rings (SSSR count). The van der Waals surface area contributed by atoms with Crippen molar-refractivity contribution < 1.29 is 13.2 Å². The van der Waals surface area contributed by atoms with Gasteiger partial charge in [0.2, 0.25) is 20.9 Å². The van der Waals surface area contributed by atoms with Gasteiger partial charge in [-0.25, -0.2) is 8.42 Å². The number of piperidine rings is 1. The molecule has 1 aromatic carbocycles. The number of hydrogen-bond acceptors (Lipinski definition) is 5. The SMILES string of the molecule is Cc1cccc(CC(=O)N2CCC(S(=O)(=O)c3nncn3C)CC2)c1. The lowest BCUT2D eigenvalue weighted by atomic mass is 10.1. The minimum atomic E-state index is -3.51. The van der Waals surface area contributed by atoms with Crippen LogP contribution < -0.4 is 0 Å². The third-order valence-corrected chi connectivity index (χ3v) is 6.82. The van der Waals surface area contributed by atoms with Crippen molar-refractivity contribution in [2.75, 3.05) is 13.1 Å². The summed E-state index contributed by atoms with van der Waals surface area (Å²) in [4.78, 5) is 14.2. The summed E-state index contributed by atoms with van der Waals surface area (Å²) in [6.07, 6.45) is 2.58. The largest absolute Gasteiger partial charge is 0.342 e. The fourth-order valence-electron chi connectivity index (χ4n) is 3.20. The number of aromatic nitrogens is 3. The van der Waals surface area contributed by atoms with Crippen LogP contribution in [0.5, 0.6) is 0 Å². The van der Waals surface area contributed by atoms with E-state index in [0.717, 1.165) is 11.1 Å². The fraction of sp³-hybridized carbons (Fsp3) is 0.471. The lowest BCUT2D eigenvalue weighted by Gasteiger charge is -2.31.